The van der Waals surface area contributed by atoms with E-state index in [1.54, 1.807) is 30.5 Å². The van der Waals surface area contributed by atoms with Crippen molar-refractivity contribution >= 4 is 23.1 Å². The van der Waals surface area contributed by atoms with Crippen LogP contribution in [0.1, 0.15) is 12.5 Å². The first kappa shape index (κ1) is 18.4. The molecule has 5 nitrogen and oxygen atoms in total. The molecule has 0 fully saturated rings. The Hall–Kier alpha value is -3.41. The van der Waals surface area contributed by atoms with Crippen LogP contribution < -0.4 is 15.4 Å². The van der Waals surface area contributed by atoms with Gasteiger partial charge in [0.1, 0.15) is 17.4 Å². The molecule has 0 bridgehead atoms. The highest BCUT2D eigenvalue weighted by Crippen LogP contribution is 2.20. The van der Waals surface area contributed by atoms with Crippen molar-refractivity contribution in [2.75, 3.05) is 17.2 Å². The summed E-state index contributed by atoms with van der Waals surface area (Å²) < 4.78 is 19.0. The van der Waals surface area contributed by atoms with Gasteiger partial charge in [-0.25, -0.2) is 9.37 Å². The molecule has 0 aliphatic carbocycles. The van der Waals surface area contributed by atoms with Gasteiger partial charge in [0.05, 0.1) is 24.9 Å². The number of amides is 1. The Kier molecular flexibility index (Phi) is 5.99. The van der Waals surface area contributed by atoms with Gasteiger partial charge in [-0.15, -0.1) is 0 Å². The number of rotatable bonds is 7. The van der Waals surface area contributed by atoms with E-state index in [0.29, 0.717) is 18.0 Å². The first-order valence-electron chi connectivity index (χ1n) is 8.63. The van der Waals surface area contributed by atoms with Crippen molar-refractivity contribution in [2.24, 2.45) is 0 Å². The highest BCUT2D eigenvalue weighted by molar-refractivity contribution is 5.91. The van der Waals surface area contributed by atoms with E-state index in [4.69, 9.17) is 4.74 Å². The van der Waals surface area contributed by atoms with Gasteiger partial charge < -0.3 is 15.4 Å². The fourth-order valence-electron chi connectivity index (χ4n) is 2.51. The molecule has 6 heteroatoms. The molecular formula is C21H20FN3O2. The van der Waals surface area contributed by atoms with E-state index in [9.17, 15) is 9.18 Å². The molecule has 1 amide bonds. The van der Waals surface area contributed by atoms with Crippen LogP contribution in [0, 0.1) is 5.82 Å². The van der Waals surface area contributed by atoms with E-state index in [1.165, 1.54) is 6.07 Å². The van der Waals surface area contributed by atoms with Gasteiger partial charge >= 0.3 is 0 Å². The predicted molar refractivity (Wildman–Crippen MR) is 104 cm³/mol. The quantitative estimate of drug-likeness (QED) is 0.645. The van der Waals surface area contributed by atoms with Gasteiger partial charge in [-0.2, -0.15) is 0 Å². The number of aromatic nitrogens is 1. The maximum Gasteiger partial charge on any atom is 0.230 e. The number of hydrogen-bond donors (Lipinski definition) is 2. The Morgan fingerprint density at radius 3 is 2.44 bits per heavy atom. The summed E-state index contributed by atoms with van der Waals surface area (Å²) in [5, 5.41) is 5.89. The van der Waals surface area contributed by atoms with E-state index >= 15 is 0 Å². The van der Waals surface area contributed by atoms with E-state index in [1.807, 2.05) is 37.3 Å². The van der Waals surface area contributed by atoms with Crippen LogP contribution in [0.25, 0.3) is 0 Å². The molecule has 0 unspecified atom stereocenters. The summed E-state index contributed by atoms with van der Waals surface area (Å²) in [7, 11) is 0. The number of benzene rings is 2. The maximum atomic E-state index is 13.6. The summed E-state index contributed by atoms with van der Waals surface area (Å²) in [6.07, 6.45) is 1.58. The minimum atomic E-state index is -0.393. The zero-order valence-electron chi connectivity index (χ0n) is 14.9. The Balaban J connectivity index is 1.56. The van der Waals surface area contributed by atoms with E-state index < -0.39 is 5.82 Å². The number of nitrogens with one attached hydrogen (secondary N) is 2. The van der Waals surface area contributed by atoms with Gasteiger partial charge in [-0.05, 0) is 55.0 Å². The van der Waals surface area contributed by atoms with Crippen LogP contribution in [0.2, 0.25) is 0 Å². The van der Waals surface area contributed by atoms with Crippen molar-refractivity contribution < 1.29 is 13.9 Å². The maximum absolute atomic E-state index is 13.6. The van der Waals surface area contributed by atoms with Gasteiger partial charge in [0, 0.05) is 5.69 Å². The lowest BCUT2D eigenvalue weighted by Crippen LogP contribution is -2.16. The third-order valence-corrected chi connectivity index (χ3v) is 3.79. The molecule has 0 aliphatic rings. The number of carbonyl (C=O) groups is 1. The van der Waals surface area contributed by atoms with Crippen molar-refractivity contribution in [3.05, 3.63) is 78.2 Å². The van der Waals surface area contributed by atoms with Crippen LogP contribution in [-0.4, -0.2) is 17.5 Å². The van der Waals surface area contributed by atoms with E-state index in [0.717, 1.165) is 17.1 Å². The predicted octanol–water partition coefficient (Wildman–Crippen LogP) is 4.54. The molecular weight excluding hydrogens is 345 g/mol. The average Bonchev–Trinajstić information content (AvgIpc) is 2.67. The highest BCUT2D eigenvalue weighted by Gasteiger charge is 2.08. The number of anilines is 3. The molecule has 0 saturated heterocycles. The molecule has 138 valence electrons. The number of pyridine rings is 1. The average molecular weight is 365 g/mol. The monoisotopic (exact) mass is 365 g/mol. The lowest BCUT2D eigenvalue weighted by Gasteiger charge is -2.09. The number of carbonyl (C=O) groups excluding carboxylic acids is 1. The standard InChI is InChI=1S/C21H20FN3O2/c1-2-27-18-10-7-16(8-11-18)24-17-9-12-20(23-14-17)25-21(26)13-15-5-3-4-6-19(15)22/h3-12,14,24H,2,13H2,1H3,(H,23,25,26). The molecule has 2 N–H and O–H groups in total. The largest absolute Gasteiger partial charge is 0.494 e. The number of nitrogens with zero attached hydrogens (tertiary/aromatic N) is 1. The molecule has 0 saturated carbocycles. The van der Waals surface area contributed by atoms with Crippen LogP contribution in [-0.2, 0) is 11.2 Å². The Morgan fingerprint density at radius 1 is 1.04 bits per heavy atom. The number of ether oxygens (including phenoxy) is 1. The van der Waals surface area contributed by atoms with Crippen molar-refractivity contribution in [1.82, 2.24) is 4.98 Å². The molecule has 1 aromatic heterocycles. The Bertz CT molecular complexity index is 896. The summed E-state index contributed by atoms with van der Waals surface area (Å²) in [5.41, 5.74) is 2.03. The fourth-order valence-corrected chi connectivity index (χ4v) is 2.51. The first-order chi connectivity index (χ1) is 13.1. The molecule has 27 heavy (non-hydrogen) atoms. The van der Waals surface area contributed by atoms with Crippen molar-refractivity contribution in [2.45, 2.75) is 13.3 Å². The van der Waals surface area contributed by atoms with E-state index in [2.05, 4.69) is 15.6 Å². The Morgan fingerprint density at radius 2 is 1.78 bits per heavy atom. The van der Waals surface area contributed by atoms with Gasteiger partial charge in [0.2, 0.25) is 5.91 Å². The van der Waals surface area contributed by atoms with Crippen molar-refractivity contribution in [3.63, 3.8) is 0 Å². The second-order valence-corrected chi connectivity index (χ2v) is 5.83. The van der Waals surface area contributed by atoms with Crippen LogP contribution in [0.3, 0.4) is 0 Å². The first-order valence-corrected chi connectivity index (χ1v) is 8.63. The van der Waals surface area contributed by atoms with Crippen LogP contribution in [0.15, 0.2) is 66.9 Å². The summed E-state index contributed by atoms with van der Waals surface area (Å²) in [4.78, 5) is 16.3. The molecule has 3 rings (SSSR count). The SMILES string of the molecule is CCOc1ccc(Nc2ccc(NC(=O)Cc3ccccc3F)nc2)cc1. The van der Waals surface area contributed by atoms with E-state index in [-0.39, 0.29) is 12.3 Å². The second kappa shape index (κ2) is 8.80. The lowest BCUT2D eigenvalue weighted by atomic mass is 10.1. The van der Waals surface area contributed by atoms with Gasteiger partial charge in [-0.3, -0.25) is 4.79 Å². The molecule has 3 aromatic rings. The van der Waals surface area contributed by atoms with Crippen molar-refractivity contribution in [3.8, 4) is 5.75 Å². The van der Waals surface area contributed by atoms with Gasteiger partial charge in [-0.1, -0.05) is 18.2 Å². The molecule has 0 radical (unpaired) electrons. The fraction of sp³-hybridized carbons (Fsp3) is 0.143. The van der Waals surface area contributed by atoms with Gasteiger partial charge in [0.25, 0.3) is 0 Å². The number of halogens is 1. The normalized spacial score (nSPS) is 10.3. The molecule has 0 aliphatic heterocycles. The lowest BCUT2D eigenvalue weighted by molar-refractivity contribution is -0.115. The summed E-state index contributed by atoms with van der Waals surface area (Å²) in [5.74, 6) is 0.512. The molecule has 0 atom stereocenters. The minimum absolute atomic E-state index is 0.0411. The molecule has 2 aromatic carbocycles. The molecule has 1 heterocycles. The summed E-state index contributed by atoms with van der Waals surface area (Å²) >= 11 is 0. The highest BCUT2D eigenvalue weighted by atomic mass is 19.1. The van der Waals surface area contributed by atoms with Gasteiger partial charge in [0.15, 0.2) is 0 Å². The second-order valence-electron chi connectivity index (χ2n) is 5.83. The zero-order valence-corrected chi connectivity index (χ0v) is 14.9. The van der Waals surface area contributed by atoms with Crippen LogP contribution in [0.5, 0.6) is 5.75 Å². The van der Waals surface area contributed by atoms with Crippen molar-refractivity contribution in [1.29, 1.82) is 0 Å². The molecule has 0 spiro atoms. The Labute approximate surface area is 157 Å². The smallest absolute Gasteiger partial charge is 0.230 e. The third-order valence-electron chi connectivity index (χ3n) is 3.79. The van der Waals surface area contributed by atoms with Crippen LogP contribution >= 0.6 is 0 Å². The number of hydrogen-bond acceptors (Lipinski definition) is 4. The van der Waals surface area contributed by atoms with Crippen LogP contribution in [0.4, 0.5) is 21.6 Å². The minimum Gasteiger partial charge on any atom is -0.494 e. The zero-order chi connectivity index (χ0) is 19.1. The summed E-state index contributed by atoms with van der Waals surface area (Å²) in [6, 6.07) is 17.3. The summed E-state index contributed by atoms with van der Waals surface area (Å²) in [6.45, 7) is 2.56. The topological polar surface area (TPSA) is 63.2 Å². The third kappa shape index (κ3) is 5.28.